The third-order valence-corrected chi connectivity index (χ3v) is 6.61. The standard InChI is InChI=1S/C19H20F3NO5S/c1-26-13-9-10-14(17(12-13)27-2)15-6-5-11-23(15)29(24,25)18-8-4-3-7-16(18)28-19(20,21)22/h3-4,7-10,12,15H,5-6,11H2,1-2H3. The van der Waals surface area contributed by atoms with Crippen LogP contribution in [0.25, 0.3) is 0 Å². The molecule has 1 heterocycles. The maximum absolute atomic E-state index is 13.3. The molecule has 0 amide bonds. The van der Waals surface area contributed by atoms with Crippen molar-refractivity contribution < 1.29 is 35.8 Å². The van der Waals surface area contributed by atoms with Crippen molar-refractivity contribution >= 4 is 10.0 Å². The predicted molar refractivity (Wildman–Crippen MR) is 98.5 cm³/mol. The largest absolute Gasteiger partial charge is 0.573 e. The Balaban J connectivity index is 2.02. The van der Waals surface area contributed by atoms with Gasteiger partial charge in [-0.05, 0) is 31.0 Å². The van der Waals surface area contributed by atoms with E-state index in [1.807, 2.05) is 0 Å². The quantitative estimate of drug-likeness (QED) is 0.688. The second kappa shape index (κ2) is 8.11. The van der Waals surface area contributed by atoms with Gasteiger partial charge in [0, 0.05) is 18.2 Å². The fourth-order valence-electron chi connectivity index (χ4n) is 3.43. The molecule has 29 heavy (non-hydrogen) atoms. The highest BCUT2D eigenvalue weighted by Crippen LogP contribution is 2.43. The smallest absolute Gasteiger partial charge is 0.497 e. The van der Waals surface area contributed by atoms with Crippen molar-refractivity contribution in [1.82, 2.24) is 4.31 Å². The fraction of sp³-hybridized carbons (Fsp3) is 0.368. The molecule has 0 radical (unpaired) electrons. The molecule has 10 heteroatoms. The van der Waals surface area contributed by atoms with Crippen LogP contribution in [0, 0.1) is 0 Å². The van der Waals surface area contributed by atoms with E-state index in [4.69, 9.17) is 9.47 Å². The van der Waals surface area contributed by atoms with Crippen LogP contribution in [0.3, 0.4) is 0 Å². The molecule has 0 aromatic heterocycles. The molecule has 158 valence electrons. The van der Waals surface area contributed by atoms with Crippen LogP contribution in [0.15, 0.2) is 47.4 Å². The summed E-state index contributed by atoms with van der Waals surface area (Å²) in [6, 6.07) is 9.18. The number of para-hydroxylation sites is 1. The second-order valence-corrected chi connectivity index (χ2v) is 8.24. The van der Waals surface area contributed by atoms with Gasteiger partial charge < -0.3 is 14.2 Å². The molecule has 2 aromatic carbocycles. The van der Waals surface area contributed by atoms with E-state index in [-0.39, 0.29) is 6.54 Å². The van der Waals surface area contributed by atoms with Crippen LogP contribution >= 0.6 is 0 Å². The fourth-order valence-corrected chi connectivity index (χ4v) is 5.22. The number of alkyl halides is 3. The molecule has 3 rings (SSSR count). The highest BCUT2D eigenvalue weighted by Gasteiger charge is 2.40. The third kappa shape index (κ3) is 4.43. The molecule has 1 atom stereocenters. The Hall–Kier alpha value is -2.46. The Morgan fingerprint density at radius 2 is 1.76 bits per heavy atom. The van der Waals surface area contributed by atoms with Gasteiger partial charge in [-0.2, -0.15) is 4.31 Å². The zero-order valence-corrected chi connectivity index (χ0v) is 16.6. The minimum Gasteiger partial charge on any atom is -0.497 e. The van der Waals surface area contributed by atoms with Gasteiger partial charge in [-0.15, -0.1) is 13.2 Å². The molecule has 1 aliphatic rings. The number of ether oxygens (including phenoxy) is 3. The van der Waals surface area contributed by atoms with E-state index in [0.29, 0.717) is 29.9 Å². The Morgan fingerprint density at radius 1 is 1.03 bits per heavy atom. The maximum Gasteiger partial charge on any atom is 0.573 e. The van der Waals surface area contributed by atoms with Crippen LogP contribution < -0.4 is 14.2 Å². The molecule has 0 saturated carbocycles. The van der Waals surface area contributed by atoms with Crippen LogP contribution in [0.4, 0.5) is 13.2 Å². The number of methoxy groups -OCH3 is 2. The summed E-state index contributed by atoms with van der Waals surface area (Å²) in [6.45, 7) is 0.169. The van der Waals surface area contributed by atoms with Crippen LogP contribution in [0.5, 0.6) is 17.2 Å². The van der Waals surface area contributed by atoms with Crippen molar-refractivity contribution in [3.05, 3.63) is 48.0 Å². The van der Waals surface area contributed by atoms with Gasteiger partial charge >= 0.3 is 6.36 Å². The molecule has 0 bridgehead atoms. The van der Waals surface area contributed by atoms with Gasteiger partial charge in [0.15, 0.2) is 0 Å². The van der Waals surface area contributed by atoms with Crippen LogP contribution in [-0.4, -0.2) is 39.8 Å². The molecule has 1 unspecified atom stereocenters. The average Bonchev–Trinajstić information content (AvgIpc) is 3.17. The molecule has 1 fully saturated rings. The van der Waals surface area contributed by atoms with Crippen molar-refractivity contribution in [3.8, 4) is 17.2 Å². The summed E-state index contributed by atoms with van der Waals surface area (Å²) in [7, 11) is -1.30. The summed E-state index contributed by atoms with van der Waals surface area (Å²) in [5.74, 6) is 0.227. The predicted octanol–water partition coefficient (Wildman–Crippen LogP) is 4.13. The number of halogens is 3. The SMILES string of the molecule is COc1ccc(C2CCCN2S(=O)(=O)c2ccccc2OC(F)(F)F)c(OC)c1. The summed E-state index contributed by atoms with van der Waals surface area (Å²) < 4.78 is 80.4. The van der Waals surface area contributed by atoms with Crippen molar-refractivity contribution in [2.24, 2.45) is 0 Å². The Labute approximate surface area is 166 Å². The molecule has 1 saturated heterocycles. The van der Waals surface area contributed by atoms with Crippen molar-refractivity contribution in [3.63, 3.8) is 0 Å². The summed E-state index contributed by atoms with van der Waals surface area (Å²) in [5, 5.41) is 0. The van der Waals surface area contributed by atoms with Gasteiger partial charge in [-0.1, -0.05) is 18.2 Å². The summed E-state index contributed by atoms with van der Waals surface area (Å²) >= 11 is 0. The average molecular weight is 431 g/mol. The number of sulfonamides is 1. The normalized spacial score (nSPS) is 17.9. The lowest BCUT2D eigenvalue weighted by molar-refractivity contribution is -0.275. The van der Waals surface area contributed by atoms with Crippen LogP contribution in [0.1, 0.15) is 24.4 Å². The van der Waals surface area contributed by atoms with E-state index < -0.39 is 33.1 Å². The lowest BCUT2D eigenvalue weighted by atomic mass is 10.0. The van der Waals surface area contributed by atoms with Gasteiger partial charge in [0.05, 0.1) is 20.3 Å². The van der Waals surface area contributed by atoms with Crippen LogP contribution in [0.2, 0.25) is 0 Å². The Kier molecular flexibility index (Phi) is 5.95. The Morgan fingerprint density at radius 3 is 2.41 bits per heavy atom. The second-order valence-electron chi connectivity index (χ2n) is 6.38. The number of hydrogen-bond acceptors (Lipinski definition) is 5. The van der Waals surface area contributed by atoms with Gasteiger partial charge in [-0.3, -0.25) is 0 Å². The highest BCUT2D eigenvalue weighted by molar-refractivity contribution is 7.89. The summed E-state index contributed by atoms with van der Waals surface area (Å²) in [6.07, 6.45) is -3.94. The zero-order valence-electron chi connectivity index (χ0n) is 15.8. The zero-order chi connectivity index (χ0) is 21.2. The van der Waals surface area contributed by atoms with E-state index in [1.54, 1.807) is 18.2 Å². The molecule has 0 N–H and O–H groups in total. The van der Waals surface area contributed by atoms with E-state index in [0.717, 1.165) is 12.1 Å². The monoisotopic (exact) mass is 431 g/mol. The number of benzene rings is 2. The van der Waals surface area contributed by atoms with Crippen molar-refractivity contribution in [2.45, 2.75) is 30.1 Å². The number of nitrogens with zero attached hydrogens (tertiary/aromatic N) is 1. The number of hydrogen-bond donors (Lipinski definition) is 0. The molecule has 0 spiro atoms. The molecular weight excluding hydrogens is 411 g/mol. The van der Waals surface area contributed by atoms with Gasteiger partial charge in [0.2, 0.25) is 10.0 Å². The van der Waals surface area contributed by atoms with E-state index >= 15 is 0 Å². The highest BCUT2D eigenvalue weighted by atomic mass is 32.2. The first-order valence-corrected chi connectivity index (χ1v) is 10.2. The van der Waals surface area contributed by atoms with Crippen LogP contribution in [-0.2, 0) is 10.0 Å². The minimum atomic E-state index is -5.00. The minimum absolute atomic E-state index is 0.169. The maximum atomic E-state index is 13.3. The van der Waals surface area contributed by atoms with Crippen molar-refractivity contribution in [2.75, 3.05) is 20.8 Å². The molecule has 6 nitrogen and oxygen atoms in total. The van der Waals surface area contributed by atoms with Gasteiger partial charge in [-0.25, -0.2) is 8.42 Å². The van der Waals surface area contributed by atoms with E-state index in [1.165, 1.54) is 30.7 Å². The summed E-state index contributed by atoms with van der Waals surface area (Å²) in [5.41, 5.74) is 0.614. The molecule has 1 aliphatic heterocycles. The van der Waals surface area contributed by atoms with E-state index in [9.17, 15) is 21.6 Å². The van der Waals surface area contributed by atoms with E-state index in [2.05, 4.69) is 4.74 Å². The first kappa shape index (κ1) is 21.3. The third-order valence-electron chi connectivity index (χ3n) is 4.66. The lowest BCUT2D eigenvalue weighted by Crippen LogP contribution is -2.31. The topological polar surface area (TPSA) is 65.1 Å². The first-order valence-electron chi connectivity index (χ1n) is 8.76. The summed E-state index contributed by atoms with van der Waals surface area (Å²) in [4.78, 5) is -0.531. The van der Waals surface area contributed by atoms with Crippen molar-refractivity contribution in [1.29, 1.82) is 0 Å². The molecular formula is C19H20F3NO5S. The first-order chi connectivity index (χ1) is 13.7. The van der Waals surface area contributed by atoms with Gasteiger partial charge in [0.25, 0.3) is 0 Å². The Bertz CT molecular complexity index is 978. The number of rotatable bonds is 6. The molecule has 0 aliphatic carbocycles. The lowest BCUT2D eigenvalue weighted by Gasteiger charge is -2.26. The van der Waals surface area contributed by atoms with Gasteiger partial charge in [0.1, 0.15) is 22.1 Å². The molecule has 2 aromatic rings.